The van der Waals surface area contributed by atoms with Crippen LogP contribution in [-0.2, 0) is 16.0 Å². The molecule has 116 valence electrons. The van der Waals surface area contributed by atoms with Crippen LogP contribution >= 0.6 is 15.9 Å². The molecule has 2 N–H and O–H groups in total. The van der Waals surface area contributed by atoms with Crippen LogP contribution in [-0.4, -0.2) is 39.3 Å². The Hall–Kier alpha value is -0.910. The molecular weight excluding hydrogens is 332 g/mol. The van der Waals surface area contributed by atoms with Gasteiger partial charge in [0.25, 0.3) is 0 Å². The molecule has 2 rings (SSSR count). The minimum absolute atomic E-state index is 0.0714. The van der Waals surface area contributed by atoms with E-state index < -0.39 is 0 Å². The van der Waals surface area contributed by atoms with Crippen LogP contribution in [0, 0.1) is 5.41 Å². The number of halogens is 1. The van der Waals surface area contributed by atoms with Crippen molar-refractivity contribution in [3.63, 3.8) is 0 Å². The molecule has 1 amide bonds. The summed E-state index contributed by atoms with van der Waals surface area (Å²) in [5.74, 6) is 0.0714. The number of rotatable bonds is 6. The minimum Gasteiger partial charge on any atom is -0.384 e. The Kier molecular flexibility index (Phi) is 6.21. The van der Waals surface area contributed by atoms with Gasteiger partial charge in [0.2, 0.25) is 5.91 Å². The fraction of sp³-hybridized carbons (Fsp3) is 0.562. The molecule has 1 aromatic carbocycles. The van der Waals surface area contributed by atoms with Gasteiger partial charge in [0, 0.05) is 23.5 Å². The lowest BCUT2D eigenvalue weighted by Crippen LogP contribution is -2.47. The first-order valence-electron chi connectivity index (χ1n) is 7.34. The Balaban J connectivity index is 1.87. The Labute approximate surface area is 134 Å². The second kappa shape index (κ2) is 7.92. The van der Waals surface area contributed by atoms with Crippen LogP contribution in [0.4, 0.5) is 0 Å². The molecule has 1 saturated heterocycles. The lowest BCUT2D eigenvalue weighted by Gasteiger charge is -2.37. The Morgan fingerprint density at radius 1 is 1.43 bits per heavy atom. The number of benzene rings is 1. The van der Waals surface area contributed by atoms with E-state index in [2.05, 4.69) is 26.6 Å². The third-order valence-corrected chi connectivity index (χ3v) is 4.52. The fourth-order valence-electron chi connectivity index (χ4n) is 2.82. The van der Waals surface area contributed by atoms with Gasteiger partial charge in [-0.15, -0.1) is 0 Å². The predicted molar refractivity (Wildman–Crippen MR) is 87.3 cm³/mol. The smallest absolute Gasteiger partial charge is 0.224 e. The highest BCUT2D eigenvalue weighted by molar-refractivity contribution is 9.10. The molecule has 0 atom stereocenters. The first kappa shape index (κ1) is 16.5. The highest BCUT2D eigenvalue weighted by Crippen LogP contribution is 2.28. The summed E-state index contributed by atoms with van der Waals surface area (Å²) < 4.78 is 6.37. The first-order chi connectivity index (χ1) is 10.1. The second-order valence-corrected chi connectivity index (χ2v) is 6.68. The molecule has 21 heavy (non-hydrogen) atoms. The molecule has 0 saturated carbocycles. The Morgan fingerprint density at radius 2 is 2.19 bits per heavy atom. The van der Waals surface area contributed by atoms with Crippen molar-refractivity contribution in [2.24, 2.45) is 5.41 Å². The Morgan fingerprint density at radius 3 is 2.86 bits per heavy atom. The van der Waals surface area contributed by atoms with Gasteiger partial charge in [-0.2, -0.15) is 0 Å². The third kappa shape index (κ3) is 5.09. The number of carbonyl (C=O) groups is 1. The lowest BCUT2D eigenvalue weighted by atomic mass is 9.79. The number of ether oxygens (including phenoxy) is 1. The van der Waals surface area contributed by atoms with E-state index in [9.17, 15) is 4.79 Å². The first-order valence-corrected chi connectivity index (χ1v) is 8.14. The molecule has 1 aliphatic rings. The van der Waals surface area contributed by atoms with E-state index in [4.69, 9.17) is 4.74 Å². The SMILES string of the molecule is COCC1(CNC(=O)Cc2cccc(Br)c2)CCNCC1. The second-order valence-electron chi connectivity index (χ2n) is 5.77. The van der Waals surface area contributed by atoms with Crippen molar-refractivity contribution in [1.82, 2.24) is 10.6 Å². The standard InChI is InChI=1S/C16H23BrN2O2/c1-21-12-16(5-7-18-8-6-16)11-19-15(20)10-13-3-2-4-14(17)9-13/h2-4,9,18H,5-8,10-12H2,1H3,(H,19,20). The molecular formula is C16H23BrN2O2. The van der Waals surface area contributed by atoms with Gasteiger partial charge in [-0.25, -0.2) is 0 Å². The van der Waals surface area contributed by atoms with Crippen molar-refractivity contribution >= 4 is 21.8 Å². The zero-order valence-corrected chi connectivity index (χ0v) is 14.0. The molecule has 1 aliphatic heterocycles. The van der Waals surface area contributed by atoms with Crippen molar-refractivity contribution in [3.05, 3.63) is 34.3 Å². The normalized spacial score (nSPS) is 17.4. The van der Waals surface area contributed by atoms with Crippen molar-refractivity contribution in [2.45, 2.75) is 19.3 Å². The van der Waals surface area contributed by atoms with Gasteiger partial charge in [0.1, 0.15) is 0 Å². The predicted octanol–water partition coefficient (Wildman–Crippen LogP) is 2.12. The van der Waals surface area contributed by atoms with Gasteiger partial charge in [-0.05, 0) is 43.6 Å². The van der Waals surface area contributed by atoms with Crippen LogP contribution in [0.2, 0.25) is 0 Å². The maximum absolute atomic E-state index is 12.1. The summed E-state index contributed by atoms with van der Waals surface area (Å²) in [6, 6.07) is 7.87. The molecule has 0 spiro atoms. The summed E-state index contributed by atoms with van der Waals surface area (Å²) in [5.41, 5.74) is 1.10. The van der Waals surface area contributed by atoms with E-state index >= 15 is 0 Å². The van der Waals surface area contributed by atoms with Crippen LogP contribution in [0.5, 0.6) is 0 Å². The number of methoxy groups -OCH3 is 1. The average Bonchev–Trinajstić information content (AvgIpc) is 2.47. The Bertz CT molecular complexity index is 468. The molecule has 0 radical (unpaired) electrons. The fourth-order valence-corrected chi connectivity index (χ4v) is 3.26. The summed E-state index contributed by atoms with van der Waals surface area (Å²) in [6.07, 6.45) is 2.50. The van der Waals surface area contributed by atoms with Gasteiger partial charge in [-0.1, -0.05) is 28.1 Å². The third-order valence-electron chi connectivity index (χ3n) is 4.03. The zero-order chi connectivity index (χ0) is 15.1. The number of hydrogen-bond donors (Lipinski definition) is 2. The maximum atomic E-state index is 12.1. The van der Waals surface area contributed by atoms with E-state index in [1.807, 2.05) is 24.3 Å². The van der Waals surface area contributed by atoms with E-state index in [0.717, 1.165) is 36.0 Å². The number of piperidine rings is 1. The van der Waals surface area contributed by atoms with Gasteiger partial charge >= 0.3 is 0 Å². The van der Waals surface area contributed by atoms with Gasteiger partial charge in [-0.3, -0.25) is 4.79 Å². The summed E-state index contributed by atoms with van der Waals surface area (Å²) in [4.78, 5) is 12.1. The summed E-state index contributed by atoms with van der Waals surface area (Å²) >= 11 is 3.43. The van der Waals surface area contributed by atoms with Crippen molar-refractivity contribution in [2.75, 3.05) is 33.4 Å². The number of nitrogens with one attached hydrogen (secondary N) is 2. The van der Waals surface area contributed by atoms with Crippen molar-refractivity contribution < 1.29 is 9.53 Å². The topological polar surface area (TPSA) is 50.4 Å². The number of carbonyl (C=O) groups excluding carboxylic acids is 1. The molecule has 0 unspecified atom stereocenters. The van der Waals surface area contributed by atoms with Gasteiger partial charge in [0.05, 0.1) is 13.0 Å². The van der Waals surface area contributed by atoms with E-state index in [-0.39, 0.29) is 11.3 Å². The van der Waals surface area contributed by atoms with Crippen molar-refractivity contribution in [1.29, 1.82) is 0 Å². The summed E-state index contributed by atoms with van der Waals surface area (Å²) in [6.45, 7) is 3.37. The van der Waals surface area contributed by atoms with Crippen LogP contribution in [0.15, 0.2) is 28.7 Å². The van der Waals surface area contributed by atoms with Crippen LogP contribution < -0.4 is 10.6 Å². The summed E-state index contributed by atoms with van der Waals surface area (Å²) in [5, 5.41) is 6.44. The van der Waals surface area contributed by atoms with E-state index in [1.165, 1.54) is 0 Å². The van der Waals surface area contributed by atoms with Crippen LogP contribution in [0.1, 0.15) is 18.4 Å². The van der Waals surface area contributed by atoms with E-state index in [1.54, 1.807) is 7.11 Å². The molecule has 1 fully saturated rings. The quantitative estimate of drug-likeness (QED) is 0.822. The minimum atomic E-state index is 0.0714. The largest absolute Gasteiger partial charge is 0.384 e. The van der Waals surface area contributed by atoms with Crippen LogP contribution in [0.3, 0.4) is 0 Å². The molecule has 5 heteroatoms. The molecule has 1 aromatic rings. The highest BCUT2D eigenvalue weighted by atomic mass is 79.9. The number of hydrogen-bond acceptors (Lipinski definition) is 3. The number of amides is 1. The van der Waals surface area contributed by atoms with Crippen molar-refractivity contribution in [3.8, 4) is 0 Å². The molecule has 0 bridgehead atoms. The molecule has 0 aromatic heterocycles. The summed E-state index contributed by atoms with van der Waals surface area (Å²) in [7, 11) is 1.73. The van der Waals surface area contributed by atoms with Gasteiger partial charge < -0.3 is 15.4 Å². The van der Waals surface area contributed by atoms with Gasteiger partial charge in [0.15, 0.2) is 0 Å². The zero-order valence-electron chi connectivity index (χ0n) is 12.5. The lowest BCUT2D eigenvalue weighted by molar-refractivity contribution is -0.121. The molecule has 0 aliphatic carbocycles. The van der Waals surface area contributed by atoms with Crippen LogP contribution in [0.25, 0.3) is 0 Å². The molecule has 1 heterocycles. The van der Waals surface area contributed by atoms with E-state index in [0.29, 0.717) is 19.6 Å². The highest BCUT2D eigenvalue weighted by Gasteiger charge is 2.32. The molecule has 4 nitrogen and oxygen atoms in total. The average molecular weight is 355 g/mol. The monoisotopic (exact) mass is 354 g/mol. The maximum Gasteiger partial charge on any atom is 0.224 e.